The number of amides is 4. The van der Waals surface area contributed by atoms with Gasteiger partial charge in [0.1, 0.15) is 6.04 Å². The fraction of sp³-hybridized carbons (Fsp3) is 0.324. The first-order chi connectivity index (χ1) is 22.5. The van der Waals surface area contributed by atoms with Crippen molar-refractivity contribution >= 4 is 28.6 Å². The molecule has 46 heavy (non-hydrogen) atoms. The first kappa shape index (κ1) is 34.1. The van der Waals surface area contributed by atoms with Crippen LogP contribution in [0.4, 0.5) is 4.79 Å². The zero-order valence-electron chi connectivity index (χ0n) is 26.6. The van der Waals surface area contributed by atoms with Crippen molar-refractivity contribution < 1.29 is 23.9 Å². The summed E-state index contributed by atoms with van der Waals surface area (Å²) in [6.45, 7) is 5.62. The zero-order chi connectivity index (χ0) is 32.6. The summed E-state index contributed by atoms with van der Waals surface area (Å²) < 4.78 is 11.7. The van der Waals surface area contributed by atoms with E-state index in [0.717, 1.165) is 27.5 Å². The summed E-state index contributed by atoms with van der Waals surface area (Å²) in [4.78, 5) is 41.6. The predicted molar refractivity (Wildman–Crippen MR) is 180 cm³/mol. The Morgan fingerprint density at radius 3 is 2.07 bits per heavy atom. The topological polar surface area (TPSA) is 109 Å². The molecular formula is C37H44N4O5. The van der Waals surface area contributed by atoms with E-state index >= 15 is 0 Å². The van der Waals surface area contributed by atoms with Gasteiger partial charge in [0.05, 0.1) is 6.54 Å². The largest absolute Gasteiger partial charge is 0.351 e. The molecule has 0 aliphatic heterocycles. The first-order valence-electron chi connectivity index (χ1n) is 15.8. The minimum Gasteiger partial charge on any atom is -0.351 e. The lowest BCUT2D eigenvalue weighted by Gasteiger charge is -2.31. The Labute approximate surface area is 271 Å². The van der Waals surface area contributed by atoms with Crippen LogP contribution < -0.4 is 16.0 Å². The van der Waals surface area contributed by atoms with E-state index in [1.165, 1.54) is 0 Å². The second-order valence-corrected chi connectivity index (χ2v) is 10.9. The number of nitrogens with zero attached hydrogens (tertiary/aromatic N) is 1. The molecule has 4 amide bonds. The fourth-order valence-electron chi connectivity index (χ4n) is 5.24. The third kappa shape index (κ3) is 10.7. The van der Waals surface area contributed by atoms with Crippen LogP contribution in [0.1, 0.15) is 37.0 Å². The number of ether oxygens (including phenoxy) is 2. The number of rotatable bonds is 17. The summed E-state index contributed by atoms with van der Waals surface area (Å²) in [5.41, 5.74) is 2.87. The van der Waals surface area contributed by atoms with Gasteiger partial charge in [-0.25, -0.2) is 4.79 Å². The van der Waals surface area contributed by atoms with Crippen LogP contribution in [0, 0.1) is 0 Å². The zero-order valence-corrected chi connectivity index (χ0v) is 26.6. The summed E-state index contributed by atoms with van der Waals surface area (Å²) >= 11 is 0. The number of urea groups is 1. The molecular weight excluding hydrogens is 580 g/mol. The monoisotopic (exact) mass is 624 g/mol. The van der Waals surface area contributed by atoms with E-state index in [2.05, 4.69) is 16.0 Å². The van der Waals surface area contributed by atoms with Gasteiger partial charge in [-0.3, -0.25) is 9.59 Å². The van der Waals surface area contributed by atoms with Gasteiger partial charge >= 0.3 is 6.03 Å². The van der Waals surface area contributed by atoms with E-state index in [0.29, 0.717) is 32.7 Å². The van der Waals surface area contributed by atoms with Gasteiger partial charge in [-0.05, 0) is 41.3 Å². The van der Waals surface area contributed by atoms with Gasteiger partial charge in [0.2, 0.25) is 11.8 Å². The van der Waals surface area contributed by atoms with Gasteiger partial charge in [-0.2, -0.15) is 0 Å². The highest BCUT2D eigenvalue weighted by Crippen LogP contribution is 2.21. The van der Waals surface area contributed by atoms with Gasteiger partial charge in [-0.15, -0.1) is 0 Å². The highest BCUT2D eigenvalue weighted by atomic mass is 16.7. The predicted octanol–water partition coefficient (Wildman–Crippen LogP) is 5.18. The van der Waals surface area contributed by atoms with Crippen LogP contribution in [0.2, 0.25) is 0 Å². The average molecular weight is 625 g/mol. The average Bonchev–Trinajstić information content (AvgIpc) is 3.07. The van der Waals surface area contributed by atoms with Crippen LogP contribution in [0.15, 0.2) is 103 Å². The molecule has 3 N–H and O–H groups in total. The lowest BCUT2D eigenvalue weighted by atomic mass is 10.0. The number of nitrogens with one attached hydrogen (secondary N) is 3. The molecule has 0 fully saturated rings. The number of benzene rings is 4. The van der Waals surface area contributed by atoms with Crippen molar-refractivity contribution in [3.05, 3.63) is 120 Å². The maximum absolute atomic E-state index is 14.4. The molecule has 0 aliphatic rings. The van der Waals surface area contributed by atoms with Crippen LogP contribution in [0.3, 0.4) is 0 Å². The van der Waals surface area contributed by atoms with Crippen LogP contribution in [-0.2, 0) is 38.6 Å². The molecule has 0 heterocycles. The number of fused-ring (bicyclic) bond motifs is 1. The summed E-state index contributed by atoms with van der Waals surface area (Å²) in [5, 5.41) is 10.6. The smallest absolute Gasteiger partial charge is 0.315 e. The molecule has 4 aromatic rings. The molecule has 0 radical (unpaired) electrons. The van der Waals surface area contributed by atoms with E-state index in [4.69, 9.17) is 9.47 Å². The minimum atomic E-state index is -0.847. The maximum atomic E-state index is 14.4. The highest BCUT2D eigenvalue weighted by molar-refractivity contribution is 5.89. The molecule has 0 bridgehead atoms. The molecule has 0 aromatic heterocycles. The van der Waals surface area contributed by atoms with Crippen molar-refractivity contribution in [3.8, 4) is 0 Å². The molecule has 0 unspecified atom stereocenters. The summed E-state index contributed by atoms with van der Waals surface area (Å²) in [7, 11) is 0. The van der Waals surface area contributed by atoms with E-state index in [9.17, 15) is 14.4 Å². The molecule has 9 nitrogen and oxygen atoms in total. The molecule has 4 aromatic carbocycles. The second kappa shape index (κ2) is 18.3. The third-order valence-electron chi connectivity index (χ3n) is 7.48. The van der Waals surface area contributed by atoms with Crippen LogP contribution in [0.25, 0.3) is 10.8 Å². The molecule has 4 rings (SSSR count). The van der Waals surface area contributed by atoms with Crippen molar-refractivity contribution in [2.24, 2.45) is 0 Å². The maximum Gasteiger partial charge on any atom is 0.315 e. The number of carbonyl (C=O) groups excluding carboxylic acids is 3. The van der Waals surface area contributed by atoms with Crippen LogP contribution >= 0.6 is 0 Å². The third-order valence-corrected chi connectivity index (χ3v) is 7.48. The Morgan fingerprint density at radius 1 is 0.739 bits per heavy atom. The molecule has 0 saturated heterocycles. The van der Waals surface area contributed by atoms with Crippen molar-refractivity contribution in [2.45, 2.75) is 52.1 Å². The molecule has 242 valence electrons. The van der Waals surface area contributed by atoms with Crippen molar-refractivity contribution in [1.82, 2.24) is 20.9 Å². The van der Waals surface area contributed by atoms with E-state index in [1.54, 1.807) is 4.90 Å². The van der Waals surface area contributed by atoms with Crippen molar-refractivity contribution in [1.29, 1.82) is 0 Å². The molecule has 1 atom stereocenters. The second-order valence-electron chi connectivity index (χ2n) is 10.9. The van der Waals surface area contributed by atoms with Crippen LogP contribution in [-0.4, -0.2) is 61.4 Å². The summed E-state index contributed by atoms with van der Waals surface area (Å²) in [6, 6.07) is 32.0. The van der Waals surface area contributed by atoms with E-state index in [-0.39, 0.29) is 37.4 Å². The normalized spacial score (nSPS) is 11.6. The Hall–Kier alpha value is -4.73. The quantitative estimate of drug-likeness (QED) is 0.140. The van der Waals surface area contributed by atoms with Crippen LogP contribution in [0.5, 0.6) is 0 Å². The fourth-order valence-corrected chi connectivity index (χ4v) is 5.24. The number of hydrogen-bond donors (Lipinski definition) is 3. The highest BCUT2D eigenvalue weighted by Gasteiger charge is 2.29. The SMILES string of the molecule is CCOC(CN(Cc1cccc2ccccc12)C(=O)[C@H](Cc1ccccc1)NC(=O)CCNC(=O)NCc1ccccc1)OCC. The van der Waals surface area contributed by atoms with E-state index in [1.807, 2.05) is 117 Å². The standard InChI is InChI=1S/C37H44N4O5/c1-3-45-35(46-4-2)27-41(26-31-20-13-19-30-18-11-12-21-32(30)31)36(43)33(24-28-14-7-5-8-15-28)40-34(42)22-23-38-37(44)39-25-29-16-9-6-10-17-29/h5-21,33,35H,3-4,22-27H2,1-2H3,(H,40,42)(H2,38,39,44)/t33-/m0/s1. The Balaban J connectivity index is 1.49. The molecule has 9 heteroatoms. The van der Waals surface area contributed by atoms with Gasteiger partial charge < -0.3 is 30.3 Å². The Morgan fingerprint density at radius 2 is 1.37 bits per heavy atom. The van der Waals surface area contributed by atoms with Gasteiger partial charge in [0.15, 0.2) is 6.29 Å². The lowest BCUT2D eigenvalue weighted by Crippen LogP contribution is -2.52. The van der Waals surface area contributed by atoms with E-state index < -0.39 is 12.3 Å². The Kier molecular flexibility index (Phi) is 13.6. The number of hydrogen-bond acceptors (Lipinski definition) is 5. The molecule has 0 saturated carbocycles. The summed E-state index contributed by atoms with van der Waals surface area (Å²) in [5.74, 6) is -0.586. The summed E-state index contributed by atoms with van der Waals surface area (Å²) in [6.07, 6.45) is -0.307. The molecule has 0 spiro atoms. The minimum absolute atomic E-state index is 0.0150. The lowest BCUT2D eigenvalue weighted by molar-refractivity contribution is -0.161. The number of carbonyl (C=O) groups is 3. The van der Waals surface area contributed by atoms with Gasteiger partial charge in [0, 0.05) is 45.7 Å². The van der Waals surface area contributed by atoms with Gasteiger partial charge in [-0.1, -0.05) is 103 Å². The van der Waals surface area contributed by atoms with Crippen molar-refractivity contribution in [2.75, 3.05) is 26.3 Å². The molecule has 0 aliphatic carbocycles. The Bertz CT molecular complexity index is 1520. The first-order valence-corrected chi connectivity index (χ1v) is 15.8. The van der Waals surface area contributed by atoms with Gasteiger partial charge in [0.25, 0.3) is 0 Å². The van der Waals surface area contributed by atoms with Crippen molar-refractivity contribution in [3.63, 3.8) is 0 Å².